The number of carbonyl (C=O) groups is 2. The zero-order valence-corrected chi connectivity index (χ0v) is 24.8. The molecule has 2 aromatic carbocycles. The van der Waals surface area contributed by atoms with Gasteiger partial charge < -0.3 is 33.9 Å². The van der Waals surface area contributed by atoms with Crippen molar-refractivity contribution in [1.29, 1.82) is 0 Å². The van der Waals surface area contributed by atoms with Crippen molar-refractivity contribution < 1.29 is 33.6 Å². The first kappa shape index (κ1) is 30.2. The molecule has 0 aliphatic carbocycles. The molecule has 41 heavy (non-hydrogen) atoms. The second-order valence-corrected chi connectivity index (χ2v) is 10.7. The van der Waals surface area contributed by atoms with Gasteiger partial charge in [0.2, 0.25) is 0 Å². The molecule has 1 saturated heterocycles. The molecular formula is C32H42N2O7. The summed E-state index contributed by atoms with van der Waals surface area (Å²) in [6.07, 6.45) is 1.58. The highest BCUT2D eigenvalue weighted by atomic mass is 16.6. The molecular weight excluding hydrogens is 524 g/mol. The first-order valence-corrected chi connectivity index (χ1v) is 14.5. The third-order valence-corrected chi connectivity index (χ3v) is 7.58. The van der Waals surface area contributed by atoms with Gasteiger partial charge in [0.1, 0.15) is 19.0 Å². The minimum absolute atomic E-state index is 0.0325. The maximum Gasteiger partial charge on any atom is 0.295 e. The maximum absolute atomic E-state index is 13.5. The van der Waals surface area contributed by atoms with Crippen molar-refractivity contribution in [3.63, 3.8) is 0 Å². The molecule has 2 aliphatic heterocycles. The lowest BCUT2D eigenvalue weighted by atomic mass is 9.94. The lowest BCUT2D eigenvalue weighted by molar-refractivity contribution is -0.140. The number of hydrogen-bond acceptors (Lipinski definition) is 8. The van der Waals surface area contributed by atoms with Gasteiger partial charge >= 0.3 is 0 Å². The number of ether oxygens (including phenoxy) is 4. The molecule has 0 spiro atoms. The normalized spacial score (nSPS) is 17.9. The van der Waals surface area contributed by atoms with Crippen LogP contribution in [0.15, 0.2) is 42.0 Å². The van der Waals surface area contributed by atoms with Gasteiger partial charge in [0.25, 0.3) is 11.7 Å². The second-order valence-electron chi connectivity index (χ2n) is 10.7. The smallest absolute Gasteiger partial charge is 0.295 e. The highest BCUT2D eigenvalue weighted by molar-refractivity contribution is 6.46. The predicted octanol–water partition coefficient (Wildman–Crippen LogP) is 5.04. The summed E-state index contributed by atoms with van der Waals surface area (Å²) < 4.78 is 22.9. The van der Waals surface area contributed by atoms with Crippen LogP contribution in [-0.2, 0) is 9.59 Å². The van der Waals surface area contributed by atoms with Crippen LogP contribution >= 0.6 is 0 Å². The van der Waals surface area contributed by atoms with Crippen LogP contribution in [0.25, 0.3) is 5.76 Å². The Bertz CT molecular complexity index is 1270. The van der Waals surface area contributed by atoms with Crippen molar-refractivity contribution in [3.8, 4) is 23.0 Å². The minimum Gasteiger partial charge on any atom is -0.507 e. The fourth-order valence-electron chi connectivity index (χ4n) is 5.19. The van der Waals surface area contributed by atoms with E-state index in [1.807, 2.05) is 6.07 Å². The average molecular weight is 567 g/mol. The largest absolute Gasteiger partial charge is 0.507 e. The van der Waals surface area contributed by atoms with Crippen molar-refractivity contribution in [2.45, 2.75) is 46.6 Å². The van der Waals surface area contributed by atoms with E-state index in [1.54, 1.807) is 42.3 Å². The average Bonchev–Trinajstić information content (AvgIpc) is 3.23. The number of likely N-dealkylation sites (tertiary alicyclic amines) is 1. The summed E-state index contributed by atoms with van der Waals surface area (Å²) in [5.74, 6) is 1.02. The van der Waals surface area contributed by atoms with E-state index in [1.165, 1.54) is 0 Å². The standard InChI is InChI=1S/C32H42N2O7/c1-6-33(7-2)14-8-15-34-29(22-9-11-24(26(19-22)38-5)39-16-13-21(3)4)28(31(36)32(34)37)30(35)23-10-12-25-27(20-23)41-18-17-40-25/h9-12,19-21,29,35H,6-8,13-18H2,1-5H3/b30-28+/t29-/m0/s1. The quantitative estimate of drug-likeness (QED) is 0.205. The highest BCUT2D eigenvalue weighted by Gasteiger charge is 2.46. The molecule has 1 fully saturated rings. The molecule has 0 unspecified atom stereocenters. The summed E-state index contributed by atoms with van der Waals surface area (Å²) in [5.41, 5.74) is 1.06. The van der Waals surface area contributed by atoms with Gasteiger partial charge in [-0.2, -0.15) is 0 Å². The second kappa shape index (κ2) is 13.8. The van der Waals surface area contributed by atoms with E-state index in [9.17, 15) is 14.7 Å². The molecule has 0 bridgehead atoms. The summed E-state index contributed by atoms with van der Waals surface area (Å²) in [7, 11) is 1.56. The van der Waals surface area contributed by atoms with Crippen LogP contribution in [0.2, 0.25) is 0 Å². The number of aliphatic hydroxyl groups is 1. The van der Waals surface area contributed by atoms with E-state index >= 15 is 0 Å². The van der Waals surface area contributed by atoms with E-state index in [-0.39, 0.29) is 11.3 Å². The fourth-order valence-corrected chi connectivity index (χ4v) is 5.19. The Morgan fingerprint density at radius 3 is 2.46 bits per heavy atom. The summed E-state index contributed by atoms with van der Waals surface area (Å²) in [4.78, 5) is 30.8. The molecule has 222 valence electrons. The van der Waals surface area contributed by atoms with Gasteiger partial charge in [-0.05, 0) is 74.3 Å². The Morgan fingerprint density at radius 1 is 1.05 bits per heavy atom. The first-order chi connectivity index (χ1) is 19.8. The SMILES string of the molecule is CCN(CC)CCCN1C(=O)C(=O)/C(=C(/O)c2ccc3c(c2)OCCO3)[C@@H]1c1ccc(OCCC(C)C)c(OC)c1. The van der Waals surface area contributed by atoms with Crippen molar-refractivity contribution in [2.24, 2.45) is 5.92 Å². The molecule has 2 aromatic rings. The number of Topliss-reactive ketones (excluding diaryl/α,β-unsaturated/α-hetero) is 1. The number of carbonyl (C=O) groups excluding carboxylic acids is 2. The molecule has 4 rings (SSSR count). The molecule has 9 heteroatoms. The number of nitrogens with zero attached hydrogens (tertiary/aromatic N) is 2. The van der Waals surface area contributed by atoms with Crippen molar-refractivity contribution in [3.05, 3.63) is 53.1 Å². The van der Waals surface area contributed by atoms with Crippen LogP contribution in [0, 0.1) is 5.92 Å². The zero-order chi connectivity index (χ0) is 29.5. The predicted molar refractivity (Wildman–Crippen MR) is 157 cm³/mol. The number of rotatable bonds is 13. The third kappa shape index (κ3) is 6.78. The molecule has 2 aliphatic rings. The number of fused-ring (bicyclic) bond motifs is 1. The molecule has 1 N–H and O–H groups in total. The van der Waals surface area contributed by atoms with E-state index < -0.39 is 17.7 Å². The number of benzene rings is 2. The Morgan fingerprint density at radius 2 is 1.78 bits per heavy atom. The Labute approximate surface area is 242 Å². The molecule has 1 atom stereocenters. The van der Waals surface area contributed by atoms with Gasteiger partial charge in [-0.15, -0.1) is 0 Å². The molecule has 9 nitrogen and oxygen atoms in total. The number of hydrogen-bond donors (Lipinski definition) is 1. The molecule has 0 aromatic heterocycles. The lowest BCUT2D eigenvalue weighted by Crippen LogP contribution is -2.33. The third-order valence-electron chi connectivity index (χ3n) is 7.58. The monoisotopic (exact) mass is 566 g/mol. The van der Waals surface area contributed by atoms with E-state index in [2.05, 4.69) is 32.6 Å². The number of aliphatic hydroxyl groups excluding tert-OH is 1. The Balaban J connectivity index is 1.74. The van der Waals surface area contributed by atoms with Gasteiger partial charge in [0.05, 0.1) is 25.3 Å². The van der Waals surface area contributed by atoms with Crippen LogP contribution in [0.5, 0.6) is 23.0 Å². The van der Waals surface area contributed by atoms with Crippen LogP contribution < -0.4 is 18.9 Å². The van der Waals surface area contributed by atoms with Gasteiger partial charge in [0.15, 0.2) is 23.0 Å². The molecule has 2 heterocycles. The minimum atomic E-state index is -0.793. The summed E-state index contributed by atoms with van der Waals surface area (Å²) >= 11 is 0. The molecule has 0 radical (unpaired) electrons. The lowest BCUT2D eigenvalue weighted by Gasteiger charge is -2.27. The van der Waals surface area contributed by atoms with Gasteiger partial charge in [-0.3, -0.25) is 9.59 Å². The Kier molecular flexibility index (Phi) is 10.2. The van der Waals surface area contributed by atoms with Crippen LogP contribution in [0.3, 0.4) is 0 Å². The van der Waals surface area contributed by atoms with Gasteiger partial charge in [0, 0.05) is 12.1 Å². The van der Waals surface area contributed by atoms with Crippen molar-refractivity contribution in [1.82, 2.24) is 9.80 Å². The van der Waals surface area contributed by atoms with Crippen molar-refractivity contribution >= 4 is 17.4 Å². The Hall–Kier alpha value is -3.72. The van der Waals surface area contributed by atoms with E-state index in [0.717, 1.165) is 26.1 Å². The number of amides is 1. The number of methoxy groups -OCH3 is 1. The van der Waals surface area contributed by atoms with Crippen molar-refractivity contribution in [2.75, 3.05) is 53.1 Å². The van der Waals surface area contributed by atoms with E-state index in [4.69, 9.17) is 18.9 Å². The topological polar surface area (TPSA) is 97.8 Å². The number of ketones is 1. The molecule has 0 saturated carbocycles. The first-order valence-electron chi connectivity index (χ1n) is 14.5. The maximum atomic E-state index is 13.5. The molecule has 1 amide bonds. The zero-order valence-electron chi connectivity index (χ0n) is 24.8. The van der Waals surface area contributed by atoms with Gasteiger partial charge in [-0.1, -0.05) is 33.8 Å². The van der Waals surface area contributed by atoms with Crippen LogP contribution in [0.4, 0.5) is 0 Å². The van der Waals surface area contributed by atoms with Crippen LogP contribution in [0.1, 0.15) is 57.7 Å². The van der Waals surface area contributed by atoms with Gasteiger partial charge in [-0.25, -0.2) is 0 Å². The summed E-state index contributed by atoms with van der Waals surface area (Å²) in [6, 6.07) is 9.63. The highest BCUT2D eigenvalue weighted by Crippen LogP contribution is 2.43. The summed E-state index contributed by atoms with van der Waals surface area (Å²) in [6.45, 7) is 12.8. The summed E-state index contributed by atoms with van der Waals surface area (Å²) in [5, 5.41) is 11.5. The van der Waals surface area contributed by atoms with Crippen LogP contribution in [-0.4, -0.2) is 79.7 Å². The van der Waals surface area contributed by atoms with E-state index in [0.29, 0.717) is 72.8 Å². The fraction of sp³-hybridized carbons (Fsp3) is 0.500.